The van der Waals surface area contributed by atoms with Crippen LogP contribution in [0, 0.1) is 6.92 Å². The lowest BCUT2D eigenvalue weighted by atomic mass is 10.1. The van der Waals surface area contributed by atoms with Crippen LogP contribution in [-0.2, 0) is 0 Å². The number of hydrogen-bond acceptors (Lipinski definition) is 2. The molecule has 0 amide bonds. The molecule has 0 N–H and O–H groups in total. The van der Waals surface area contributed by atoms with Gasteiger partial charge in [-0.05, 0) is 24.6 Å². The molecule has 0 bridgehead atoms. The molecule has 4 heteroatoms. The SMILES string of the molecule is Cc1ccccc1-c1nc(Cl)c2cccc(Cl)c2n1. The minimum absolute atomic E-state index is 0.422. The van der Waals surface area contributed by atoms with E-state index in [0.717, 1.165) is 16.5 Å². The second-order valence-corrected chi connectivity index (χ2v) is 5.05. The monoisotopic (exact) mass is 288 g/mol. The minimum Gasteiger partial charge on any atom is -0.226 e. The molecular formula is C15H10Cl2N2. The molecule has 0 atom stereocenters. The molecule has 94 valence electrons. The Morgan fingerprint density at radius 1 is 0.895 bits per heavy atom. The highest BCUT2D eigenvalue weighted by Crippen LogP contribution is 2.29. The largest absolute Gasteiger partial charge is 0.226 e. The number of aryl methyl sites for hydroxylation is 1. The van der Waals surface area contributed by atoms with Crippen molar-refractivity contribution in [1.82, 2.24) is 9.97 Å². The lowest BCUT2D eigenvalue weighted by Crippen LogP contribution is -1.94. The lowest BCUT2D eigenvalue weighted by molar-refractivity contribution is 1.21. The van der Waals surface area contributed by atoms with Crippen molar-refractivity contribution in [2.24, 2.45) is 0 Å². The van der Waals surface area contributed by atoms with E-state index in [1.807, 2.05) is 43.3 Å². The highest BCUT2D eigenvalue weighted by Gasteiger charge is 2.11. The summed E-state index contributed by atoms with van der Waals surface area (Å²) in [6, 6.07) is 13.4. The average Bonchev–Trinajstić information content (AvgIpc) is 2.40. The number of aromatic nitrogens is 2. The van der Waals surface area contributed by atoms with Gasteiger partial charge in [0, 0.05) is 10.9 Å². The Kier molecular flexibility index (Phi) is 3.13. The van der Waals surface area contributed by atoms with Crippen molar-refractivity contribution < 1.29 is 0 Å². The molecule has 0 radical (unpaired) electrons. The van der Waals surface area contributed by atoms with Gasteiger partial charge in [0.05, 0.1) is 10.5 Å². The van der Waals surface area contributed by atoms with Gasteiger partial charge in [-0.3, -0.25) is 0 Å². The van der Waals surface area contributed by atoms with E-state index in [0.29, 0.717) is 21.5 Å². The van der Waals surface area contributed by atoms with E-state index >= 15 is 0 Å². The second-order valence-electron chi connectivity index (χ2n) is 4.29. The quantitative estimate of drug-likeness (QED) is 0.595. The Hall–Kier alpha value is -1.64. The first-order valence-electron chi connectivity index (χ1n) is 5.84. The van der Waals surface area contributed by atoms with Gasteiger partial charge in [-0.15, -0.1) is 0 Å². The molecule has 3 rings (SSSR count). The fourth-order valence-electron chi connectivity index (χ4n) is 2.02. The number of halogens is 2. The Morgan fingerprint density at radius 2 is 1.68 bits per heavy atom. The summed E-state index contributed by atoms with van der Waals surface area (Å²) in [4.78, 5) is 8.91. The average molecular weight is 289 g/mol. The molecule has 3 aromatic rings. The molecule has 0 unspecified atom stereocenters. The molecule has 0 aliphatic carbocycles. The normalized spacial score (nSPS) is 10.9. The van der Waals surface area contributed by atoms with Gasteiger partial charge in [-0.25, -0.2) is 9.97 Å². The van der Waals surface area contributed by atoms with E-state index < -0.39 is 0 Å². The summed E-state index contributed by atoms with van der Waals surface area (Å²) in [5, 5.41) is 1.77. The number of nitrogens with zero attached hydrogens (tertiary/aromatic N) is 2. The van der Waals surface area contributed by atoms with Crippen LogP contribution in [-0.4, -0.2) is 9.97 Å². The first-order chi connectivity index (χ1) is 9.16. The summed E-state index contributed by atoms with van der Waals surface area (Å²) < 4.78 is 0. The summed E-state index contributed by atoms with van der Waals surface area (Å²) in [5.74, 6) is 0.601. The van der Waals surface area contributed by atoms with Gasteiger partial charge in [-0.2, -0.15) is 0 Å². The molecule has 0 saturated heterocycles. The fraction of sp³-hybridized carbons (Fsp3) is 0.0667. The fourth-order valence-corrected chi connectivity index (χ4v) is 2.47. The van der Waals surface area contributed by atoms with Crippen LogP contribution in [0.1, 0.15) is 5.56 Å². The van der Waals surface area contributed by atoms with Gasteiger partial charge >= 0.3 is 0 Å². The summed E-state index contributed by atoms with van der Waals surface area (Å²) in [6.07, 6.45) is 0. The number of rotatable bonds is 1. The van der Waals surface area contributed by atoms with Gasteiger partial charge < -0.3 is 0 Å². The van der Waals surface area contributed by atoms with Crippen molar-refractivity contribution in [3.05, 3.63) is 58.2 Å². The van der Waals surface area contributed by atoms with Gasteiger partial charge in [0.25, 0.3) is 0 Å². The highest BCUT2D eigenvalue weighted by molar-refractivity contribution is 6.38. The maximum absolute atomic E-state index is 6.23. The molecule has 2 nitrogen and oxygen atoms in total. The highest BCUT2D eigenvalue weighted by atomic mass is 35.5. The van der Waals surface area contributed by atoms with Crippen molar-refractivity contribution >= 4 is 34.1 Å². The zero-order valence-corrected chi connectivity index (χ0v) is 11.7. The van der Waals surface area contributed by atoms with E-state index in [-0.39, 0.29) is 0 Å². The molecule has 0 saturated carbocycles. The maximum Gasteiger partial charge on any atom is 0.161 e. The Balaban J connectivity index is 2.33. The summed E-state index contributed by atoms with van der Waals surface area (Å²) >= 11 is 12.4. The van der Waals surface area contributed by atoms with Crippen molar-refractivity contribution in [2.75, 3.05) is 0 Å². The standard InChI is InChI=1S/C15H10Cl2N2/c1-9-5-2-3-6-10(9)15-18-13-11(14(17)19-15)7-4-8-12(13)16/h2-8H,1H3. The number of hydrogen-bond donors (Lipinski definition) is 0. The molecule has 0 fully saturated rings. The van der Waals surface area contributed by atoms with Gasteiger partial charge in [-0.1, -0.05) is 53.5 Å². The van der Waals surface area contributed by atoms with Crippen molar-refractivity contribution in [1.29, 1.82) is 0 Å². The van der Waals surface area contributed by atoms with Crippen molar-refractivity contribution in [2.45, 2.75) is 6.92 Å². The summed E-state index contributed by atoms with van der Waals surface area (Å²) in [6.45, 7) is 2.02. The molecule has 0 spiro atoms. The van der Waals surface area contributed by atoms with Crippen LogP contribution in [0.3, 0.4) is 0 Å². The third-order valence-corrected chi connectivity index (χ3v) is 3.61. The zero-order valence-electron chi connectivity index (χ0n) is 10.2. The van der Waals surface area contributed by atoms with Crippen LogP contribution in [0.25, 0.3) is 22.3 Å². The van der Waals surface area contributed by atoms with Crippen molar-refractivity contribution in [3.63, 3.8) is 0 Å². The van der Waals surface area contributed by atoms with Gasteiger partial charge in [0.15, 0.2) is 5.82 Å². The van der Waals surface area contributed by atoms with E-state index in [2.05, 4.69) is 9.97 Å². The lowest BCUT2D eigenvalue weighted by Gasteiger charge is -2.07. The van der Waals surface area contributed by atoms with E-state index in [9.17, 15) is 0 Å². The summed E-state index contributed by atoms with van der Waals surface area (Å²) in [7, 11) is 0. The number of fused-ring (bicyclic) bond motifs is 1. The third kappa shape index (κ3) is 2.18. The minimum atomic E-state index is 0.422. The molecule has 2 aromatic carbocycles. The first kappa shape index (κ1) is 12.4. The van der Waals surface area contributed by atoms with E-state index in [1.165, 1.54) is 0 Å². The van der Waals surface area contributed by atoms with Crippen LogP contribution in [0.2, 0.25) is 10.2 Å². The Labute approximate surface area is 121 Å². The zero-order chi connectivity index (χ0) is 13.4. The van der Waals surface area contributed by atoms with Gasteiger partial charge in [0.2, 0.25) is 0 Å². The molecule has 1 heterocycles. The van der Waals surface area contributed by atoms with Crippen LogP contribution >= 0.6 is 23.2 Å². The van der Waals surface area contributed by atoms with Crippen LogP contribution in [0.4, 0.5) is 0 Å². The predicted octanol–water partition coefficient (Wildman–Crippen LogP) is 4.91. The van der Waals surface area contributed by atoms with E-state index in [4.69, 9.17) is 23.2 Å². The molecule has 0 aliphatic rings. The number of para-hydroxylation sites is 1. The van der Waals surface area contributed by atoms with E-state index in [1.54, 1.807) is 6.07 Å². The van der Waals surface area contributed by atoms with Crippen LogP contribution in [0.15, 0.2) is 42.5 Å². The topological polar surface area (TPSA) is 25.8 Å². The molecule has 0 aliphatic heterocycles. The van der Waals surface area contributed by atoms with Crippen molar-refractivity contribution in [3.8, 4) is 11.4 Å². The third-order valence-electron chi connectivity index (χ3n) is 3.02. The smallest absolute Gasteiger partial charge is 0.161 e. The van der Waals surface area contributed by atoms with Crippen LogP contribution < -0.4 is 0 Å². The predicted molar refractivity (Wildman–Crippen MR) is 79.7 cm³/mol. The first-order valence-corrected chi connectivity index (χ1v) is 6.60. The maximum atomic E-state index is 6.23. The van der Waals surface area contributed by atoms with Gasteiger partial charge in [0.1, 0.15) is 5.15 Å². The Morgan fingerprint density at radius 3 is 2.47 bits per heavy atom. The second kappa shape index (κ2) is 4.80. The van der Waals surface area contributed by atoms with Crippen LogP contribution in [0.5, 0.6) is 0 Å². The molecule has 1 aromatic heterocycles. The molecular weight excluding hydrogens is 279 g/mol. The molecule has 19 heavy (non-hydrogen) atoms. The Bertz CT molecular complexity index is 769. The number of benzene rings is 2. The summed E-state index contributed by atoms with van der Waals surface area (Å²) in [5.41, 5.74) is 2.75.